The number of rotatable bonds is 4. The number of ether oxygens (including phenoxy) is 1. The highest BCUT2D eigenvalue weighted by atomic mass is 16.5. The Morgan fingerprint density at radius 1 is 0.561 bits per heavy atom. The van der Waals surface area contributed by atoms with E-state index in [2.05, 4.69) is 121 Å². The average molecular weight is 747 g/mol. The van der Waals surface area contributed by atoms with Crippen LogP contribution in [0.1, 0.15) is 85.7 Å². The maximum atomic E-state index is 8.57. The number of para-hydroxylation sites is 2. The van der Waals surface area contributed by atoms with Crippen molar-refractivity contribution in [1.29, 1.82) is 0 Å². The molecule has 0 aromatic heterocycles. The van der Waals surface area contributed by atoms with Crippen molar-refractivity contribution >= 4 is 57.2 Å². The molecule has 0 saturated carbocycles. The molecule has 0 radical (unpaired) electrons. The van der Waals surface area contributed by atoms with Crippen LogP contribution in [0.4, 0.5) is 34.1 Å². The van der Waals surface area contributed by atoms with Gasteiger partial charge in [-0.25, -0.2) is 0 Å². The highest BCUT2D eigenvalue weighted by Crippen LogP contribution is 2.52. The van der Waals surface area contributed by atoms with Crippen molar-refractivity contribution in [2.75, 3.05) is 9.80 Å². The van der Waals surface area contributed by atoms with Gasteiger partial charge < -0.3 is 14.5 Å². The zero-order valence-electron chi connectivity index (χ0n) is 39.3. The molecule has 280 valence electrons. The lowest BCUT2D eigenvalue weighted by atomic mass is 9.33. The molecule has 3 nitrogen and oxygen atoms in total. The number of hydrogen-bond donors (Lipinski definition) is 0. The Bertz CT molecular complexity index is 2900. The summed E-state index contributed by atoms with van der Waals surface area (Å²) in [5.74, 6) is 1.53. The fraction of sp³-hybridized carbons (Fsp3) is 0.208. The normalized spacial score (nSPS) is 16.5. The van der Waals surface area contributed by atoms with Crippen LogP contribution in [0, 0.1) is 0 Å². The Morgan fingerprint density at radius 2 is 1.21 bits per heavy atom. The monoisotopic (exact) mass is 746 g/mol. The van der Waals surface area contributed by atoms with Gasteiger partial charge in [0.25, 0.3) is 6.71 Å². The number of nitrogens with zero attached hydrogens (tertiary/aromatic N) is 2. The minimum Gasteiger partial charge on any atom is -0.458 e. The highest BCUT2D eigenvalue weighted by molar-refractivity contribution is 6.99. The van der Waals surface area contributed by atoms with Crippen LogP contribution in [0.2, 0.25) is 0 Å². The first kappa shape index (κ1) is 29.3. The molecule has 57 heavy (non-hydrogen) atoms. The van der Waals surface area contributed by atoms with Gasteiger partial charge in [0.15, 0.2) is 0 Å². The Kier molecular flexibility index (Phi) is 6.42. The molecule has 0 fully saturated rings. The molecule has 0 bridgehead atoms. The van der Waals surface area contributed by atoms with Crippen molar-refractivity contribution in [2.24, 2.45) is 0 Å². The second-order valence-electron chi connectivity index (χ2n) is 17.4. The summed E-state index contributed by atoms with van der Waals surface area (Å²) >= 11 is 0. The number of anilines is 6. The summed E-state index contributed by atoms with van der Waals surface area (Å²) in [7, 11) is 0. The van der Waals surface area contributed by atoms with Crippen molar-refractivity contribution < 1.29 is 13.0 Å². The predicted molar refractivity (Wildman–Crippen MR) is 242 cm³/mol. The molecule has 2 heterocycles. The van der Waals surface area contributed by atoms with Gasteiger partial charge in [-0.1, -0.05) is 134 Å². The molecule has 0 spiro atoms. The summed E-state index contributed by atoms with van der Waals surface area (Å²) in [6.45, 7) is 7.01. The molecule has 3 aliphatic rings. The van der Waals surface area contributed by atoms with Gasteiger partial charge in [0, 0.05) is 47.8 Å². The van der Waals surface area contributed by atoms with Crippen LogP contribution >= 0.6 is 0 Å². The average Bonchev–Trinajstić information content (AvgIpc) is 3.47. The summed E-state index contributed by atoms with van der Waals surface area (Å²) in [5, 5.41) is 0. The highest BCUT2D eigenvalue weighted by Gasteiger charge is 2.45. The first-order valence-electron chi connectivity index (χ1n) is 22.9. The third kappa shape index (κ3) is 5.56. The third-order valence-electron chi connectivity index (χ3n) is 12.3. The smallest absolute Gasteiger partial charge is 0.256 e. The van der Waals surface area contributed by atoms with E-state index in [-0.39, 0.29) is 12.1 Å². The number of hydrogen-bond acceptors (Lipinski definition) is 3. The fourth-order valence-corrected chi connectivity index (χ4v) is 9.34. The summed E-state index contributed by atoms with van der Waals surface area (Å²) in [6.07, 6.45) is 0. The Morgan fingerprint density at radius 3 is 1.89 bits per heavy atom. The van der Waals surface area contributed by atoms with Gasteiger partial charge in [0.2, 0.25) is 0 Å². The van der Waals surface area contributed by atoms with E-state index in [0.29, 0.717) is 0 Å². The van der Waals surface area contributed by atoms with Crippen LogP contribution in [0.15, 0.2) is 152 Å². The van der Waals surface area contributed by atoms with Gasteiger partial charge in [-0.05, 0) is 133 Å². The molecule has 0 saturated heterocycles. The molecule has 10 rings (SSSR count). The predicted octanol–water partition coefficient (Wildman–Crippen LogP) is 12.5. The van der Waals surface area contributed by atoms with Gasteiger partial charge in [-0.15, -0.1) is 0 Å². The molecular formula is C53H49BN2O. The van der Waals surface area contributed by atoms with Crippen LogP contribution in [0.25, 0.3) is 11.1 Å². The maximum Gasteiger partial charge on any atom is 0.256 e. The van der Waals surface area contributed by atoms with E-state index >= 15 is 0 Å². The SMILES string of the molecule is [2H]C([2H])([2H])C(C)(C)c1ccc(N2c3ccc(C(C)(C)C([2H])([2H])[2H])cc3B3c4cc5c(cc4Oc4cccc2c43)-c2ccc(N(c3ccccc3)c3ccccc3)cc2C5(C)C)cc1. The fourth-order valence-electron chi connectivity index (χ4n) is 9.34. The standard InChI is InChI=1S/C53H49BN2O/c1-51(2,3)34-22-25-38(26-23-34)56-46-29-24-35(52(4,5)6)30-44(46)54-45-33-43-41(32-49(45)57-48-21-15-20-47(56)50(48)54)40-28-27-39(31-42(40)53(43,7)8)55(36-16-11-9-12-17-36)37-18-13-10-14-19-37/h9-33H,1-8H3/i1D3,4D3. The molecular weight excluding hydrogens is 691 g/mol. The van der Waals surface area contributed by atoms with Crippen LogP contribution in [-0.4, -0.2) is 6.71 Å². The molecule has 0 atom stereocenters. The molecule has 0 unspecified atom stereocenters. The molecule has 0 amide bonds. The zero-order valence-corrected chi connectivity index (χ0v) is 33.3. The summed E-state index contributed by atoms with van der Waals surface area (Å²) in [5.41, 5.74) is 12.7. The number of benzene rings is 7. The molecule has 4 heteroatoms. The molecule has 0 N–H and O–H groups in total. The van der Waals surface area contributed by atoms with Crippen LogP contribution in [-0.2, 0) is 16.2 Å². The van der Waals surface area contributed by atoms with E-state index in [4.69, 9.17) is 13.0 Å². The summed E-state index contributed by atoms with van der Waals surface area (Å²) in [4.78, 5) is 4.51. The van der Waals surface area contributed by atoms with Gasteiger partial charge in [-0.3, -0.25) is 0 Å². The van der Waals surface area contributed by atoms with E-state index in [9.17, 15) is 0 Å². The van der Waals surface area contributed by atoms with Crippen LogP contribution in [0.3, 0.4) is 0 Å². The molecule has 2 aliphatic heterocycles. The molecule has 7 aromatic rings. The Labute approximate surface area is 347 Å². The Hall–Kier alpha value is -6.00. The molecule has 7 aromatic carbocycles. The maximum absolute atomic E-state index is 8.57. The lowest BCUT2D eigenvalue weighted by Crippen LogP contribution is -2.59. The minimum atomic E-state index is -2.25. The van der Waals surface area contributed by atoms with Crippen molar-refractivity contribution in [3.63, 3.8) is 0 Å². The second kappa shape index (κ2) is 12.5. The molecule has 1 aliphatic carbocycles. The van der Waals surface area contributed by atoms with E-state index in [1.807, 2.05) is 54.6 Å². The minimum absolute atomic E-state index is 0.264. The first-order chi connectivity index (χ1) is 29.8. The van der Waals surface area contributed by atoms with Crippen molar-refractivity contribution in [3.8, 4) is 22.6 Å². The van der Waals surface area contributed by atoms with E-state index in [1.165, 1.54) is 16.7 Å². The first-order valence-corrected chi connectivity index (χ1v) is 19.9. The lowest BCUT2D eigenvalue weighted by Gasteiger charge is -2.41. The van der Waals surface area contributed by atoms with E-state index < -0.39 is 24.5 Å². The largest absolute Gasteiger partial charge is 0.458 e. The Balaban J connectivity index is 1.14. The second-order valence-corrected chi connectivity index (χ2v) is 17.4. The quantitative estimate of drug-likeness (QED) is 0.167. The van der Waals surface area contributed by atoms with E-state index in [0.717, 1.165) is 78.7 Å². The summed E-state index contributed by atoms with van der Waals surface area (Å²) in [6, 6.07) is 52.3. The van der Waals surface area contributed by atoms with Gasteiger partial charge in [0.1, 0.15) is 11.5 Å². The lowest BCUT2D eigenvalue weighted by molar-refractivity contribution is 0.487. The van der Waals surface area contributed by atoms with Crippen molar-refractivity contribution in [2.45, 2.75) is 71.5 Å². The van der Waals surface area contributed by atoms with Crippen molar-refractivity contribution in [1.82, 2.24) is 0 Å². The van der Waals surface area contributed by atoms with Gasteiger partial charge >= 0.3 is 0 Å². The summed E-state index contributed by atoms with van der Waals surface area (Å²) < 4.78 is 57.4. The topological polar surface area (TPSA) is 15.7 Å². The van der Waals surface area contributed by atoms with Crippen LogP contribution < -0.4 is 30.9 Å². The van der Waals surface area contributed by atoms with Gasteiger partial charge in [-0.2, -0.15) is 0 Å². The third-order valence-corrected chi connectivity index (χ3v) is 12.3. The number of fused-ring (bicyclic) bond motifs is 7. The van der Waals surface area contributed by atoms with E-state index in [1.54, 1.807) is 27.7 Å². The van der Waals surface area contributed by atoms with Crippen molar-refractivity contribution in [3.05, 3.63) is 174 Å². The zero-order chi connectivity index (χ0) is 44.4. The van der Waals surface area contributed by atoms with Gasteiger partial charge in [0.05, 0.1) is 0 Å². The van der Waals surface area contributed by atoms with Crippen LogP contribution in [0.5, 0.6) is 11.5 Å².